The zero-order valence-electron chi connectivity index (χ0n) is 23.5. The number of hydrogen-bond acceptors (Lipinski definition) is 4. The first kappa shape index (κ1) is 34.6. The maximum Gasteiger partial charge on any atom is 0.339 e. The molecule has 1 aromatic carbocycles. The van der Waals surface area contributed by atoms with Crippen LogP contribution < -0.4 is 4.74 Å². The van der Waals surface area contributed by atoms with Gasteiger partial charge in [0, 0.05) is 13.3 Å². The van der Waals surface area contributed by atoms with Crippen molar-refractivity contribution < 1.29 is 29.3 Å². The number of para-hydroxylation sites is 1. The number of carboxylic acids is 2. The van der Waals surface area contributed by atoms with Crippen LogP contribution in [0.1, 0.15) is 153 Å². The highest BCUT2D eigenvalue weighted by Crippen LogP contribution is 2.18. The second-order valence-corrected chi connectivity index (χ2v) is 9.90. The van der Waals surface area contributed by atoms with Crippen LogP contribution in [0.25, 0.3) is 0 Å². The number of carboxylic acid groups (broad SMARTS) is 2. The maximum atomic E-state index is 10.6. The van der Waals surface area contributed by atoms with Crippen LogP contribution >= 0.6 is 0 Å². The Morgan fingerprint density at radius 3 is 1.35 bits per heavy atom. The van der Waals surface area contributed by atoms with Crippen LogP contribution in [0.4, 0.5) is 0 Å². The van der Waals surface area contributed by atoms with Crippen molar-refractivity contribution >= 4 is 17.9 Å². The highest BCUT2D eigenvalue weighted by atomic mass is 16.5. The topological polar surface area (TPSA) is 101 Å². The summed E-state index contributed by atoms with van der Waals surface area (Å²) in [6, 6.07) is 5.98. The number of rotatable bonds is 22. The van der Waals surface area contributed by atoms with Gasteiger partial charge in [-0.1, -0.05) is 135 Å². The van der Waals surface area contributed by atoms with E-state index in [1.165, 1.54) is 128 Å². The molecule has 0 aromatic heterocycles. The van der Waals surface area contributed by atoms with Gasteiger partial charge >= 0.3 is 17.9 Å². The minimum absolute atomic E-state index is 0.0160. The van der Waals surface area contributed by atoms with Crippen LogP contribution in [-0.2, 0) is 9.59 Å². The Morgan fingerprint density at radius 1 is 0.622 bits per heavy atom. The lowest BCUT2D eigenvalue weighted by atomic mass is 10.0. The summed E-state index contributed by atoms with van der Waals surface area (Å²) < 4.78 is 4.69. The van der Waals surface area contributed by atoms with E-state index in [9.17, 15) is 14.4 Å². The summed E-state index contributed by atoms with van der Waals surface area (Å²) >= 11 is 0. The molecule has 0 spiro atoms. The van der Waals surface area contributed by atoms with Crippen molar-refractivity contribution in [2.45, 2.75) is 142 Å². The molecule has 1 rings (SSSR count). The molecule has 0 saturated heterocycles. The number of carbonyl (C=O) groups excluding carboxylic acids is 1. The lowest BCUT2D eigenvalue weighted by Crippen LogP contribution is -2.06. The van der Waals surface area contributed by atoms with Crippen molar-refractivity contribution in [2.24, 2.45) is 0 Å². The van der Waals surface area contributed by atoms with Crippen molar-refractivity contribution in [2.75, 3.05) is 0 Å². The van der Waals surface area contributed by atoms with Crippen molar-refractivity contribution in [1.29, 1.82) is 0 Å². The average Bonchev–Trinajstić information content (AvgIpc) is 2.85. The second-order valence-electron chi connectivity index (χ2n) is 9.90. The molecule has 6 nitrogen and oxygen atoms in total. The van der Waals surface area contributed by atoms with Gasteiger partial charge in [0.1, 0.15) is 11.3 Å². The lowest BCUT2D eigenvalue weighted by molar-refractivity contribution is -0.137. The predicted octanol–water partition coefficient (Wildman–Crippen LogP) is 9.20. The predicted molar refractivity (Wildman–Crippen MR) is 150 cm³/mol. The molecular weight excluding hydrogens is 468 g/mol. The first-order valence-corrected chi connectivity index (χ1v) is 14.6. The van der Waals surface area contributed by atoms with Gasteiger partial charge in [-0.25, -0.2) is 4.79 Å². The van der Waals surface area contributed by atoms with Crippen LogP contribution in [0.3, 0.4) is 0 Å². The largest absolute Gasteiger partial charge is 0.481 e. The van der Waals surface area contributed by atoms with Gasteiger partial charge in [0.2, 0.25) is 0 Å². The first-order chi connectivity index (χ1) is 17.9. The average molecular weight is 521 g/mol. The Labute approximate surface area is 225 Å². The van der Waals surface area contributed by atoms with Crippen LogP contribution in [0.2, 0.25) is 0 Å². The summed E-state index contributed by atoms with van der Waals surface area (Å²) in [7, 11) is 0. The van der Waals surface area contributed by atoms with E-state index in [1.807, 2.05) is 0 Å². The van der Waals surface area contributed by atoms with Crippen LogP contribution in [0, 0.1) is 0 Å². The number of hydrogen-bond donors (Lipinski definition) is 2. The summed E-state index contributed by atoms with van der Waals surface area (Å²) in [5, 5.41) is 17.2. The van der Waals surface area contributed by atoms with E-state index in [0.29, 0.717) is 6.42 Å². The van der Waals surface area contributed by atoms with Crippen LogP contribution in [0.15, 0.2) is 24.3 Å². The number of aromatic carboxylic acids is 1. The quantitative estimate of drug-likeness (QED) is 0.0897. The van der Waals surface area contributed by atoms with Crippen molar-refractivity contribution in [3.05, 3.63) is 29.8 Å². The monoisotopic (exact) mass is 520 g/mol. The van der Waals surface area contributed by atoms with E-state index in [-0.39, 0.29) is 11.3 Å². The molecule has 0 radical (unpaired) electrons. The van der Waals surface area contributed by atoms with E-state index in [0.717, 1.165) is 12.8 Å². The van der Waals surface area contributed by atoms with Gasteiger partial charge in [0.25, 0.3) is 0 Å². The molecule has 0 amide bonds. The van der Waals surface area contributed by atoms with Gasteiger partial charge in [-0.15, -0.1) is 0 Å². The Kier molecular flexibility index (Phi) is 23.7. The molecule has 0 saturated carbocycles. The van der Waals surface area contributed by atoms with Gasteiger partial charge in [-0.3, -0.25) is 9.59 Å². The lowest BCUT2D eigenvalue weighted by Gasteiger charge is -2.03. The highest BCUT2D eigenvalue weighted by molar-refractivity contribution is 5.91. The number of benzene rings is 1. The van der Waals surface area contributed by atoms with Gasteiger partial charge < -0.3 is 14.9 Å². The van der Waals surface area contributed by atoms with Crippen molar-refractivity contribution in [1.82, 2.24) is 0 Å². The Hall–Kier alpha value is -2.37. The van der Waals surface area contributed by atoms with Crippen molar-refractivity contribution in [3.8, 4) is 5.75 Å². The number of aliphatic carboxylic acids is 1. The minimum atomic E-state index is -1.11. The zero-order chi connectivity index (χ0) is 27.6. The molecule has 0 aliphatic carbocycles. The SMILES string of the molecule is CC(=O)Oc1ccccc1C(=O)O.CCCCCCCCCCCCCCCCCCCCCC(=O)O. The van der Waals surface area contributed by atoms with E-state index < -0.39 is 17.9 Å². The third-order valence-electron chi connectivity index (χ3n) is 6.37. The molecule has 0 atom stereocenters. The molecule has 0 bridgehead atoms. The molecular formula is C31H52O6. The fourth-order valence-electron chi connectivity index (χ4n) is 4.24. The van der Waals surface area contributed by atoms with Gasteiger partial charge in [-0.2, -0.15) is 0 Å². The molecule has 6 heteroatoms. The Bertz CT molecular complexity index is 715. The van der Waals surface area contributed by atoms with Crippen LogP contribution in [-0.4, -0.2) is 28.1 Å². The molecule has 37 heavy (non-hydrogen) atoms. The summed E-state index contributed by atoms with van der Waals surface area (Å²) in [5.74, 6) is -2.23. The van der Waals surface area contributed by atoms with Gasteiger partial charge in [-0.05, 0) is 18.6 Å². The number of carbonyl (C=O) groups is 3. The fourth-order valence-corrected chi connectivity index (χ4v) is 4.24. The fraction of sp³-hybridized carbons (Fsp3) is 0.710. The van der Waals surface area contributed by atoms with E-state index in [4.69, 9.17) is 10.2 Å². The number of ether oxygens (including phenoxy) is 1. The zero-order valence-corrected chi connectivity index (χ0v) is 23.5. The smallest absolute Gasteiger partial charge is 0.339 e. The van der Waals surface area contributed by atoms with E-state index in [2.05, 4.69) is 11.7 Å². The summed E-state index contributed by atoms with van der Waals surface area (Å²) in [6.45, 7) is 3.50. The first-order valence-electron chi connectivity index (χ1n) is 14.6. The molecule has 0 aliphatic rings. The Morgan fingerprint density at radius 2 is 1.00 bits per heavy atom. The summed E-state index contributed by atoms with van der Waals surface area (Å²) in [6.07, 6.45) is 26.1. The normalized spacial score (nSPS) is 10.4. The molecule has 2 N–H and O–H groups in total. The third-order valence-corrected chi connectivity index (χ3v) is 6.37. The number of unbranched alkanes of at least 4 members (excludes halogenated alkanes) is 18. The summed E-state index contributed by atoms with van der Waals surface area (Å²) in [4.78, 5) is 31.6. The maximum absolute atomic E-state index is 10.6. The standard InChI is InChI=1S/C22H44O2.C9H8O4/c1-2-3-4-5-6-7-8-9-10-11-12-13-14-15-16-17-18-19-20-21-22(23)24;1-6(10)13-8-5-3-2-4-7(8)9(11)12/h2-21H2,1H3,(H,23,24);2-5H,1H3,(H,11,12). The van der Waals surface area contributed by atoms with Gasteiger partial charge in [0.15, 0.2) is 0 Å². The molecule has 1 aromatic rings. The van der Waals surface area contributed by atoms with Gasteiger partial charge in [0.05, 0.1) is 0 Å². The molecule has 0 heterocycles. The summed E-state index contributed by atoms with van der Waals surface area (Å²) in [5.41, 5.74) is -0.0160. The van der Waals surface area contributed by atoms with Crippen LogP contribution in [0.5, 0.6) is 5.75 Å². The van der Waals surface area contributed by atoms with Crippen molar-refractivity contribution in [3.63, 3.8) is 0 Å². The molecule has 0 aliphatic heterocycles. The highest BCUT2D eigenvalue weighted by Gasteiger charge is 2.11. The van der Waals surface area contributed by atoms with E-state index in [1.54, 1.807) is 12.1 Å². The molecule has 0 fully saturated rings. The minimum Gasteiger partial charge on any atom is -0.481 e. The molecule has 0 unspecified atom stereocenters. The third kappa shape index (κ3) is 23.8. The second kappa shape index (κ2) is 25.3. The number of esters is 1. The molecule has 212 valence electrons. The van der Waals surface area contributed by atoms with E-state index >= 15 is 0 Å². The Balaban J connectivity index is 0.000000832.